The van der Waals surface area contributed by atoms with Crippen molar-refractivity contribution in [3.05, 3.63) is 42.6 Å². The maximum absolute atomic E-state index is 11.4. The first-order chi connectivity index (χ1) is 8.25. The van der Waals surface area contributed by atoms with Crippen LogP contribution >= 0.6 is 0 Å². The van der Waals surface area contributed by atoms with Gasteiger partial charge in [-0.1, -0.05) is 0 Å². The average Bonchev–Trinajstić information content (AvgIpc) is 2.98. The molecule has 0 aliphatic heterocycles. The molecule has 0 radical (unpaired) electrons. The monoisotopic (exact) mass is 234 g/mol. The summed E-state index contributed by atoms with van der Waals surface area (Å²) in [5, 5.41) is 4.71. The van der Waals surface area contributed by atoms with Gasteiger partial charge < -0.3 is 14.2 Å². The molecule has 0 bridgehead atoms. The molecule has 17 heavy (non-hydrogen) atoms. The Labute approximate surface area is 96.6 Å². The molecule has 0 aromatic carbocycles. The van der Waals surface area contributed by atoms with Gasteiger partial charge in [-0.2, -0.15) is 0 Å². The van der Waals surface area contributed by atoms with Gasteiger partial charge in [0.15, 0.2) is 5.88 Å². The SMILES string of the molecule is O=C(NCc1ccco1)C(=O)Nc1ccco1. The summed E-state index contributed by atoms with van der Waals surface area (Å²) in [5.74, 6) is -0.739. The molecule has 2 N–H and O–H groups in total. The first-order valence-corrected chi connectivity index (χ1v) is 4.91. The Hall–Kier alpha value is -2.50. The summed E-state index contributed by atoms with van der Waals surface area (Å²) >= 11 is 0. The van der Waals surface area contributed by atoms with Crippen LogP contribution in [0.3, 0.4) is 0 Å². The molecule has 0 aliphatic rings. The zero-order valence-electron chi connectivity index (χ0n) is 8.80. The lowest BCUT2D eigenvalue weighted by atomic mass is 10.4. The highest BCUT2D eigenvalue weighted by molar-refractivity contribution is 6.39. The van der Waals surface area contributed by atoms with Crippen molar-refractivity contribution in [3.8, 4) is 0 Å². The second-order valence-electron chi connectivity index (χ2n) is 3.19. The summed E-state index contributed by atoms with van der Waals surface area (Å²) in [6.45, 7) is 0.164. The van der Waals surface area contributed by atoms with E-state index in [1.54, 1.807) is 18.2 Å². The molecule has 2 aromatic rings. The maximum Gasteiger partial charge on any atom is 0.316 e. The predicted octanol–water partition coefficient (Wildman–Crippen LogP) is 1.13. The molecule has 0 unspecified atom stereocenters. The van der Waals surface area contributed by atoms with E-state index in [2.05, 4.69) is 10.6 Å². The minimum absolute atomic E-state index is 0.164. The fraction of sp³-hybridized carbons (Fsp3) is 0.0909. The molecule has 2 heterocycles. The van der Waals surface area contributed by atoms with Crippen molar-refractivity contribution in [2.75, 3.05) is 5.32 Å². The van der Waals surface area contributed by atoms with Crippen LogP contribution in [0.4, 0.5) is 5.88 Å². The second-order valence-corrected chi connectivity index (χ2v) is 3.19. The highest BCUT2D eigenvalue weighted by Gasteiger charge is 2.14. The van der Waals surface area contributed by atoms with Crippen molar-refractivity contribution in [3.63, 3.8) is 0 Å². The molecule has 0 fully saturated rings. The lowest BCUT2D eigenvalue weighted by molar-refractivity contribution is -0.136. The zero-order chi connectivity index (χ0) is 12.1. The average molecular weight is 234 g/mol. The van der Waals surface area contributed by atoms with Crippen LogP contribution in [0.25, 0.3) is 0 Å². The molecule has 2 aromatic heterocycles. The summed E-state index contributed by atoms with van der Waals surface area (Å²) in [4.78, 5) is 22.7. The Kier molecular flexibility index (Phi) is 3.25. The van der Waals surface area contributed by atoms with E-state index in [1.165, 1.54) is 18.6 Å². The Morgan fingerprint density at radius 2 is 1.82 bits per heavy atom. The van der Waals surface area contributed by atoms with Gasteiger partial charge in [-0.25, -0.2) is 0 Å². The Morgan fingerprint density at radius 1 is 1.06 bits per heavy atom. The molecule has 6 nitrogen and oxygen atoms in total. The summed E-state index contributed by atoms with van der Waals surface area (Å²) in [5.41, 5.74) is 0. The van der Waals surface area contributed by atoms with Crippen molar-refractivity contribution in [2.45, 2.75) is 6.54 Å². The molecule has 0 saturated carbocycles. The Bertz CT molecular complexity index is 488. The van der Waals surface area contributed by atoms with Crippen molar-refractivity contribution in [1.29, 1.82) is 0 Å². The first-order valence-electron chi connectivity index (χ1n) is 4.91. The van der Waals surface area contributed by atoms with Crippen LogP contribution in [0.1, 0.15) is 5.76 Å². The van der Waals surface area contributed by atoms with Crippen LogP contribution in [0.5, 0.6) is 0 Å². The molecule has 88 valence electrons. The van der Waals surface area contributed by atoms with Crippen molar-refractivity contribution < 1.29 is 18.4 Å². The largest absolute Gasteiger partial charge is 0.467 e. The van der Waals surface area contributed by atoms with Crippen LogP contribution in [-0.2, 0) is 16.1 Å². The van der Waals surface area contributed by atoms with Gasteiger partial charge in [-0.15, -0.1) is 0 Å². The fourth-order valence-electron chi connectivity index (χ4n) is 1.18. The molecule has 0 spiro atoms. The number of furan rings is 2. The normalized spacial score (nSPS) is 9.88. The topological polar surface area (TPSA) is 84.5 Å². The van der Waals surface area contributed by atoms with Crippen LogP contribution in [0.2, 0.25) is 0 Å². The Balaban J connectivity index is 1.81. The molecule has 0 saturated heterocycles. The van der Waals surface area contributed by atoms with Crippen molar-refractivity contribution >= 4 is 17.7 Å². The predicted molar refractivity (Wildman–Crippen MR) is 57.9 cm³/mol. The quantitative estimate of drug-likeness (QED) is 0.779. The third-order valence-corrected chi connectivity index (χ3v) is 1.97. The third kappa shape index (κ3) is 2.97. The summed E-state index contributed by atoms with van der Waals surface area (Å²) in [7, 11) is 0. The molecule has 2 amide bonds. The van der Waals surface area contributed by atoms with Crippen LogP contribution < -0.4 is 10.6 Å². The Morgan fingerprint density at radius 3 is 2.47 bits per heavy atom. The zero-order valence-corrected chi connectivity index (χ0v) is 8.80. The number of hydrogen-bond donors (Lipinski definition) is 2. The number of carbonyl (C=O) groups excluding carboxylic acids is 2. The fourth-order valence-corrected chi connectivity index (χ4v) is 1.18. The van der Waals surface area contributed by atoms with Gasteiger partial charge in [0, 0.05) is 6.07 Å². The smallest absolute Gasteiger partial charge is 0.316 e. The molecular weight excluding hydrogens is 224 g/mol. The van der Waals surface area contributed by atoms with Gasteiger partial charge in [0.2, 0.25) is 0 Å². The van der Waals surface area contributed by atoms with Gasteiger partial charge in [0.1, 0.15) is 5.76 Å². The number of nitrogens with one attached hydrogen (secondary N) is 2. The van der Waals surface area contributed by atoms with E-state index in [4.69, 9.17) is 8.83 Å². The molecule has 0 atom stereocenters. The maximum atomic E-state index is 11.4. The minimum Gasteiger partial charge on any atom is -0.467 e. The highest BCUT2D eigenvalue weighted by Crippen LogP contribution is 2.06. The van der Waals surface area contributed by atoms with Crippen LogP contribution in [0.15, 0.2) is 45.6 Å². The second kappa shape index (κ2) is 5.02. The van der Waals surface area contributed by atoms with E-state index in [9.17, 15) is 9.59 Å². The van der Waals surface area contributed by atoms with Crippen LogP contribution in [0, 0.1) is 0 Å². The van der Waals surface area contributed by atoms with Gasteiger partial charge in [-0.05, 0) is 18.2 Å². The van der Waals surface area contributed by atoms with E-state index < -0.39 is 11.8 Å². The third-order valence-electron chi connectivity index (χ3n) is 1.97. The first kappa shape index (κ1) is 11.0. The summed E-state index contributed by atoms with van der Waals surface area (Å²) in [6.07, 6.45) is 2.89. The molecular formula is C11H10N2O4. The van der Waals surface area contributed by atoms with Gasteiger partial charge in [-0.3, -0.25) is 14.9 Å². The van der Waals surface area contributed by atoms with Gasteiger partial charge >= 0.3 is 11.8 Å². The number of rotatable bonds is 3. The van der Waals surface area contributed by atoms with Crippen molar-refractivity contribution in [1.82, 2.24) is 5.32 Å². The number of anilines is 1. The molecule has 0 aliphatic carbocycles. The summed E-state index contributed by atoms with van der Waals surface area (Å²) in [6, 6.07) is 6.54. The lowest BCUT2D eigenvalue weighted by Gasteiger charge is -2.02. The minimum atomic E-state index is -0.786. The number of hydrogen-bond acceptors (Lipinski definition) is 4. The van der Waals surface area contributed by atoms with Gasteiger partial charge in [0.05, 0.1) is 19.1 Å². The molecule has 2 rings (SSSR count). The van der Waals surface area contributed by atoms with E-state index in [1.807, 2.05) is 0 Å². The number of amides is 2. The molecule has 6 heteroatoms. The van der Waals surface area contributed by atoms with E-state index in [0.717, 1.165) is 0 Å². The van der Waals surface area contributed by atoms with E-state index >= 15 is 0 Å². The lowest BCUT2D eigenvalue weighted by Crippen LogP contribution is -2.34. The highest BCUT2D eigenvalue weighted by atomic mass is 16.3. The van der Waals surface area contributed by atoms with Crippen LogP contribution in [-0.4, -0.2) is 11.8 Å². The summed E-state index contributed by atoms with van der Waals surface area (Å²) < 4.78 is 9.88. The standard InChI is InChI=1S/C11H10N2O4/c14-10(12-7-8-3-1-5-16-8)11(15)13-9-4-2-6-17-9/h1-6H,7H2,(H,12,14)(H,13,15). The van der Waals surface area contributed by atoms with Gasteiger partial charge in [0.25, 0.3) is 0 Å². The van der Waals surface area contributed by atoms with Crippen molar-refractivity contribution in [2.24, 2.45) is 0 Å². The van der Waals surface area contributed by atoms with E-state index in [-0.39, 0.29) is 12.4 Å². The number of carbonyl (C=O) groups is 2. The van der Waals surface area contributed by atoms with E-state index in [0.29, 0.717) is 5.76 Å².